The first-order chi connectivity index (χ1) is 8.51. The number of halogens is 2. The van der Waals surface area contributed by atoms with Gasteiger partial charge in [-0.1, -0.05) is 23.2 Å². The second-order valence-electron chi connectivity index (χ2n) is 3.34. The van der Waals surface area contributed by atoms with Gasteiger partial charge in [0, 0.05) is 5.02 Å². The predicted molar refractivity (Wildman–Crippen MR) is 70.0 cm³/mol. The molecule has 0 aromatic heterocycles. The first kappa shape index (κ1) is 17.0. The summed E-state index contributed by atoms with van der Waals surface area (Å²) in [5.74, 6) is -1.03. The summed E-state index contributed by atoms with van der Waals surface area (Å²) in [4.78, 5) is 10.0. The minimum Gasteiger partial charge on any atom is -0.546 e. The van der Waals surface area contributed by atoms with Gasteiger partial charge in [0.2, 0.25) is 0 Å². The van der Waals surface area contributed by atoms with Gasteiger partial charge >= 0.3 is 0 Å². The first-order valence-corrected chi connectivity index (χ1v) is 6.36. The number of aliphatic carboxylic acids is 1. The van der Waals surface area contributed by atoms with Gasteiger partial charge in [-0.05, 0) is 32.0 Å². The Kier molecular flexibility index (Phi) is 9.46. The quantitative estimate of drug-likeness (QED) is 0.870. The topological polar surface area (TPSA) is 66.0 Å². The Morgan fingerprint density at radius 2 is 1.94 bits per heavy atom. The van der Waals surface area contributed by atoms with Crippen LogP contribution in [0.2, 0.25) is 10.0 Å². The highest BCUT2D eigenvalue weighted by Crippen LogP contribution is 2.27. The molecule has 102 valence electrons. The molecule has 0 aliphatic rings. The zero-order chi connectivity index (χ0) is 14.0. The van der Waals surface area contributed by atoms with Gasteiger partial charge in [0.1, 0.15) is 12.4 Å². The lowest BCUT2D eigenvalue weighted by Crippen LogP contribution is -2.82. The van der Waals surface area contributed by atoms with Gasteiger partial charge in [-0.15, -0.1) is 0 Å². The van der Waals surface area contributed by atoms with Gasteiger partial charge in [-0.3, -0.25) is 0 Å². The Labute approximate surface area is 117 Å². The van der Waals surface area contributed by atoms with Crippen molar-refractivity contribution in [2.75, 3.05) is 19.7 Å². The number of carboxylic acid groups (broad SMARTS) is 1. The molecule has 0 fully saturated rings. The Hall–Kier alpha value is -0.970. The Morgan fingerprint density at radius 1 is 1.33 bits per heavy atom. The van der Waals surface area contributed by atoms with Crippen LogP contribution in [0.1, 0.15) is 13.8 Å². The normalized spacial score (nSPS) is 9.33. The van der Waals surface area contributed by atoms with Gasteiger partial charge in [-0.25, -0.2) is 0 Å². The molecule has 1 rings (SSSR count). The van der Waals surface area contributed by atoms with E-state index in [1.54, 1.807) is 6.07 Å². The summed E-state index contributed by atoms with van der Waals surface area (Å²) in [7, 11) is 0. The van der Waals surface area contributed by atoms with Crippen LogP contribution < -0.4 is 15.2 Å². The molecule has 0 saturated heterocycles. The fraction of sp³-hybridized carbons (Fsp3) is 0.417. The molecule has 18 heavy (non-hydrogen) atoms. The molecule has 4 nitrogen and oxygen atoms in total. The average molecular weight is 294 g/mol. The lowest BCUT2D eigenvalue weighted by Gasteiger charge is -2.07. The van der Waals surface area contributed by atoms with Gasteiger partial charge < -0.3 is 20.0 Å². The van der Waals surface area contributed by atoms with Crippen LogP contribution in [-0.4, -0.2) is 25.7 Å². The van der Waals surface area contributed by atoms with Crippen molar-refractivity contribution >= 4 is 29.2 Å². The van der Waals surface area contributed by atoms with E-state index in [1.165, 1.54) is 25.2 Å². The lowest BCUT2D eigenvalue weighted by atomic mass is 10.3. The molecule has 2 N–H and O–H groups in total. The Balaban J connectivity index is 0.000000494. The SMILES string of the molecule is CC[NH2+]CC.O=C([O-])COc1ccc(Cl)cc1Cl. The Bertz CT molecular complexity index is 370. The molecule has 0 aliphatic carbocycles. The number of hydrogen-bond donors (Lipinski definition) is 1. The first-order valence-electron chi connectivity index (χ1n) is 5.60. The molecule has 1 aromatic carbocycles. The molecule has 0 bridgehead atoms. The zero-order valence-corrected chi connectivity index (χ0v) is 11.9. The van der Waals surface area contributed by atoms with E-state index in [0.29, 0.717) is 5.02 Å². The van der Waals surface area contributed by atoms with Crippen LogP contribution in [-0.2, 0) is 4.79 Å². The van der Waals surface area contributed by atoms with Crippen LogP contribution in [0.5, 0.6) is 5.75 Å². The van der Waals surface area contributed by atoms with Gasteiger partial charge in [0.25, 0.3) is 0 Å². The third-order valence-electron chi connectivity index (χ3n) is 1.82. The van der Waals surface area contributed by atoms with Crippen molar-refractivity contribution in [2.24, 2.45) is 0 Å². The molecular weight excluding hydrogens is 277 g/mol. The van der Waals surface area contributed by atoms with Crippen molar-refractivity contribution in [3.8, 4) is 5.75 Å². The fourth-order valence-corrected chi connectivity index (χ4v) is 1.48. The number of hydrogen-bond acceptors (Lipinski definition) is 3. The summed E-state index contributed by atoms with van der Waals surface area (Å²) in [5.41, 5.74) is 0. The maximum Gasteiger partial charge on any atom is 0.138 e. The van der Waals surface area contributed by atoms with Crippen molar-refractivity contribution in [3.05, 3.63) is 28.2 Å². The molecule has 0 radical (unpaired) electrons. The van der Waals surface area contributed by atoms with Crippen molar-refractivity contribution in [1.82, 2.24) is 0 Å². The van der Waals surface area contributed by atoms with E-state index in [2.05, 4.69) is 19.2 Å². The van der Waals surface area contributed by atoms with Gasteiger partial charge in [0.15, 0.2) is 0 Å². The molecule has 0 saturated carbocycles. The lowest BCUT2D eigenvalue weighted by molar-refractivity contribution is -0.648. The Morgan fingerprint density at radius 3 is 2.33 bits per heavy atom. The van der Waals surface area contributed by atoms with Crippen LogP contribution in [0.4, 0.5) is 0 Å². The zero-order valence-electron chi connectivity index (χ0n) is 10.4. The van der Waals surface area contributed by atoms with Crippen molar-refractivity contribution in [1.29, 1.82) is 0 Å². The molecule has 6 heteroatoms. The highest BCUT2D eigenvalue weighted by molar-refractivity contribution is 6.35. The highest BCUT2D eigenvalue weighted by Gasteiger charge is 2.01. The third-order valence-corrected chi connectivity index (χ3v) is 2.35. The van der Waals surface area contributed by atoms with Crippen LogP contribution in [0.15, 0.2) is 18.2 Å². The minimum absolute atomic E-state index is 0.272. The molecular formula is C12H17Cl2NO3. The number of nitrogens with two attached hydrogens (primary N) is 1. The van der Waals surface area contributed by atoms with E-state index in [-0.39, 0.29) is 10.8 Å². The second kappa shape index (κ2) is 10.00. The average Bonchev–Trinajstić information content (AvgIpc) is 2.29. The van der Waals surface area contributed by atoms with Crippen LogP contribution in [0.25, 0.3) is 0 Å². The number of benzene rings is 1. The number of quaternary nitrogens is 1. The maximum atomic E-state index is 10.0. The fourth-order valence-electron chi connectivity index (χ4n) is 1.02. The van der Waals surface area contributed by atoms with E-state index in [9.17, 15) is 9.90 Å². The number of rotatable bonds is 5. The predicted octanol–water partition coefficient (Wildman–Crippen LogP) is 0.712. The highest BCUT2D eigenvalue weighted by atomic mass is 35.5. The molecule has 1 aromatic rings. The molecule has 0 amide bonds. The van der Waals surface area contributed by atoms with Crippen molar-refractivity contribution in [2.45, 2.75) is 13.8 Å². The minimum atomic E-state index is -1.30. The summed E-state index contributed by atoms with van der Waals surface area (Å²) >= 11 is 11.3. The van der Waals surface area contributed by atoms with E-state index in [4.69, 9.17) is 27.9 Å². The summed E-state index contributed by atoms with van der Waals surface area (Å²) in [6, 6.07) is 4.51. The van der Waals surface area contributed by atoms with Crippen LogP contribution >= 0.6 is 23.2 Å². The summed E-state index contributed by atoms with van der Waals surface area (Å²) < 4.78 is 4.80. The van der Waals surface area contributed by atoms with E-state index in [0.717, 1.165) is 0 Å². The summed E-state index contributed by atoms with van der Waals surface area (Å²) in [6.45, 7) is 6.22. The smallest absolute Gasteiger partial charge is 0.138 e. The van der Waals surface area contributed by atoms with Gasteiger partial charge in [0.05, 0.1) is 24.1 Å². The number of carbonyl (C=O) groups excluding carboxylic acids is 1. The summed E-state index contributed by atoms with van der Waals surface area (Å²) in [6.07, 6.45) is 0. The molecule has 0 aliphatic heterocycles. The standard InChI is InChI=1S/C8H6Cl2O3.C4H11N/c9-5-1-2-7(6(10)3-5)13-4-8(11)12;1-3-5-4-2/h1-3H,4H2,(H,11,12);5H,3-4H2,1-2H3. The van der Waals surface area contributed by atoms with Crippen molar-refractivity contribution in [3.63, 3.8) is 0 Å². The second-order valence-corrected chi connectivity index (χ2v) is 4.18. The monoisotopic (exact) mass is 293 g/mol. The van der Waals surface area contributed by atoms with Crippen LogP contribution in [0.3, 0.4) is 0 Å². The van der Waals surface area contributed by atoms with Crippen LogP contribution in [0, 0.1) is 0 Å². The number of carbonyl (C=O) groups is 1. The van der Waals surface area contributed by atoms with Gasteiger partial charge in [-0.2, -0.15) is 0 Å². The number of carboxylic acids is 1. The largest absolute Gasteiger partial charge is 0.546 e. The third kappa shape index (κ3) is 8.17. The molecule has 0 heterocycles. The molecule has 0 unspecified atom stereocenters. The maximum absolute atomic E-state index is 10.0. The van der Waals surface area contributed by atoms with E-state index in [1.807, 2.05) is 0 Å². The van der Waals surface area contributed by atoms with E-state index >= 15 is 0 Å². The molecule has 0 atom stereocenters. The number of ether oxygens (including phenoxy) is 1. The van der Waals surface area contributed by atoms with Crippen molar-refractivity contribution < 1.29 is 20.0 Å². The van der Waals surface area contributed by atoms with E-state index < -0.39 is 12.6 Å². The molecule has 0 spiro atoms. The summed E-state index contributed by atoms with van der Waals surface area (Å²) in [5, 5.41) is 13.0.